The van der Waals surface area contributed by atoms with E-state index in [0.29, 0.717) is 0 Å². The zero-order chi connectivity index (χ0) is 22.0. The van der Waals surface area contributed by atoms with Gasteiger partial charge < -0.3 is 14.3 Å². The van der Waals surface area contributed by atoms with Gasteiger partial charge in [-0.25, -0.2) is 0 Å². The van der Waals surface area contributed by atoms with Crippen LogP contribution in [0, 0.1) is 6.92 Å². The summed E-state index contributed by atoms with van der Waals surface area (Å²) in [6, 6.07) is 30.1. The molecule has 0 spiro atoms. The number of benzene rings is 4. The van der Waals surface area contributed by atoms with Gasteiger partial charge in [-0.05, 0) is 72.5 Å². The maximum Gasteiger partial charge on any atom is 0.150 e. The first-order valence-electron chi connectivity index (χ1n) is 10.5. The molecule has 31 heavy (non-hydrogen) atoms. The fraction of sp³-hybridized carbons (Fsp3) is 0.185. The molecule has 0 aliphatic rings. The molecule has 0 saturated carbocycles. The third-order valence-corrected chi connectivity index (χ3v) is 7.41. The van der Waals surface area contributed by atoms with Gasteiger partial charge in [-0.1, -0.05) is 30.3 Å². The lowest BCUT2D eigenvalue weighted by atomic mass is 10.1. The fourth-order valence-corrected chi connectivity index (χ4v) is 5.33. The SMILES string of the molecule is Cc1ccc(OP(c2ccc(N(C)C)cc2)c2ccc(N(C)C)cc2)c2ccccc12. The second-order valence-corrected chi connectivity index (χ2v) is 9.94. The normalized spacial score (nSPS) is 11.0. The average Bonchev–Trinajstić information content (AvgIpc) is 2.79. The van der Waals surface area contributed by atoms with E-state index in [1.54, 1.807) is 0 Å². The Bertz CT molecular complexity index is 1120. The Morgan fingerprint density at radius 1 is 0.581 bits per heavy atom. The molecular weight excluding hydrogens is 399 g/mol. The van der Waals surface area contributed by atoms with Crippen molar-refractivity contribution in [1.82, 2.24) is 0 Å². The average molecular weight is 429 g/mol. The van der Waals surface area contributed by atoms with Crippen molar-refractivity contribution in [1.29, 1.82) is 0 Å². The number of rotatable bonds is 6. The quantitative estimate of drug-likeness (QED) is 0.366. The van der Waals surface area contributed by atoms with Gasteiger partial charge in [0.25, 0.3) is 0 Å². The molecule has 0 saturated heterocycles. The van der Waals surface area contributed by atoms with Crippen molar-refractivity contribution in [3.8, 4) is 5.75 Å². The number of aryl methyl sites for hydroxylation is 1. The van der Waals surface area contributed by atoms with Crippen LogP contribution in [0.2, 0.25) is 0 Å². The molecule has 0 radical (unpaired) electrons. The number of anilines is 2. The van der Waals surface area contributed by atoms with Gasteiger partial charge in [0, 0.05) is 55.6 Å². The topological polar surface area (TPSA) is 15.7 Å². The molecule has 3 nitrogen and oxygen atoms in total. The molecule has 0 unspecified atom stereocenters. The molecule has 158 valence electrons. The maximum absolute atomic E-state index is 6.79. The molecule has 0 aliphatic carbocycles. The van der Waals surface area contributed by atoms with E-state index in [0.717, 1.165) is 11.1 Å². The van der Waals surface area contributed by atoms with Gasteiger partial charge >= 0.3 is 0 Å². The summed E-state index contributed by atoms with van der Waals surface area (Å²) in [5.41, 5.74) is 3.63. The van der Waals surface area contributed by atoms with Gasteiger partial charge in [-0.3, -0.25) is 0 Å². The van der Waals surface area contributed by atoms with Crippen LogP contribution in [0.3, 0.4) is 0 Å². The van der Waals surface area contributed by atoms with Crippen LogP contribution < -0.4 is 24.9 Å². The van der Waals surface area contributed by atoms with Crippen LogP contribution in [-0.4, -0.2) is 28.2 Å². The van der Waals surface area contributed by atoms with E-state index in [9.17, 15) is 0 Å². The van der Waals surface area contributed by atoms with Crippen molar-refractivity contribution in [3.63, 3.8) is 0 Å². The zero-order valence-corrected chi connectivity index (χ0v) is 19.7. The highest BCUT2D eigenvalue weighted by Gasteiger charge is 2.19. The Morgan fingerprint density at radius 2 is 1.06 bits per heavy atom. The minimum atomic E-state index is -1.01. The van der Waals surface area contributed by atoms with Crippen LogP contribution in [0.5, 0.6) is 5.75 Å². The van der Waals surface area contributed by atoms with Crippen LogP contribution in [0.25, 0.3) is 10.8 Å². The Kier molecular flexibility index (Phi) is 6.15. The largest absolute Gasteiger partial charge is 0.464 e. The highest BCUT2D eigenvalue weighted by Crippen LogP contribution is 2.41. The van der Waals surface area contributed by atoms with Crippen LogP contribution in [0.15, 0.2) is 84.9 Å². The number of nitrogens with zero attached hydrogens (tertiary/aromatic N) is 2. The molecule has 4 rings (SSSR count). The molecule has 0 heterocycles. The summed E-state index contributed by atoms with van der Waals surface area (Å²) in [5, 5.41) is 4.79. The van der Waals surface area contributed by atoms with E-state index in [-0.39, 0.29) is 0 Å². The number of fused-ring (bicyclic) bond motifs is 1. The molecule has 0 amide bonds. The van der Waals surface area contributed by atoms with Crippen LogP contribution >= 0.6 is 8.15 Å². The fourth-order valence-electron chi connectivity index (χ4n) is 3.63. The van der Waals surface area contributed by atoms with Crippen molar-refractivity contribution in [2.75, 3.05) is 38.0 Å². The Hall–Kier alpha value is -3.03. The predicted octanol–water partition coefficient (Wildman–Crippen LogP) is 5.71. The lowest BCUT2D eigenvalue weighted by Gasteiger charge is -2.22. The molecule has 0 atom stereocenters. The van der Waals surface area contributed by atoms with Crippen molar-refractivity contribution < 1.29 is 4.52 Å². The third kappa shape index (κ3) is 4.52. The third-order valence-electron chi connectivity index (χ3n) is 5.49. The van der Waals surface area contributed by atoms with Crippen molar-refractivity contribution in [2.45, 2.75) is 6.92 Å². The van der Waals surface area contributed by atoms with Crippen LogP contribution in [0.1, 0.15) is 5.56 Å². The first-order chi connectivity index (χ1) is 14.9. The summed E-state index contributed by atoms with van der Waals surface area (Å²) in [6.45, 7) is 2.15. The molecule has 0 N–H and O–H groups in total. The molecule has 0 aromatic heterocycles. The minimum Gasteiger partial charge on any atom is -0.464 e. The smallest absolute Gasteiger partial charge is 0.150 e. The standard InChI is InChI=1S/C27H29N2OP/c1-20-10-19-27(26-9-7-6-8-25(20)26)30-31(23-15-11-21(12-16-23)28(2)3)24-17-13-22(14-18-24)29(4)5/h6-19H,1-5H3. The van der Waals surface area contributed by atoms with E-state index in [2.05, 4.69) is 130 Å². The Morgan fingerprint density at radius 3 is 1.55 bits per heavy atom. The molecule has 0 bridgehead atoms. The van der Waals surface area contributed by atoms with Gasteiger partial charge in [0.05, 0.1) is 0 Å². The predicted molar refractivity (Wildman–Crippen MR) is 137 cm³/mol. The second-order valence-electron chi connectivity index (χ2n) is 8.13. The molecule has 4 heteroatoms. The summed E-state index contributed by atoms with van der Waals surface area (Å²) < 4.78 is 6.79. The van der Waals surface area contributed by atoms with Crippen molar-refractivity contribution in [2.24, 2.45) is 0 Å². The molecular formula is C27H29N2OP. The zero-order valence-electron chi connectivity index (χ0n) is 18.8. The van der Waals surface area contributed by atoms with E-state index in [4.69, 9.17) is 4.52 Å². The van der Waals surface area contributed by atoms with Gasteiger partial charge in [0.2, 0.25) is 0 Å². The number of hydrogen-bond donors (Lipinski definition) is 0. The van der Waals surface area contributed by atoms with Crippen LogP contribution in [0.4, 0.5) is 11.4 Å². The van der Waals surface area contributed by atoms with E-state index in [1.807, 2.05) is 0 Å². The summed E-state index contributed by atoms with van der Waals surface area (Å²) in [5.74, 6) is 0.931. The Balaban J connectivity index is 1.78. The van der Waals surface area contributed by atoms with E-state index < -0.39 is 8.15 Å². The number of hydrogen-bond acceptors (Lipinski definition) is 3. The first kappa shape index (κ1) is 21.2. The molecule has 0 fully saturated rings. The molecule has 0 aliphatic heterocycles. The molecule has 4 aromatic rings. The lowest BCUT2D eigenvalue weighted by Crippen LogP contribution is -2.18. The lowest BCUT2D eigenvalue weighted by molar-refractivity contribution is 0.637. The van der Waals surface area contributed by atoms with Gasteiger partial charge in [0.15, 0.2) is 8.15 Å². The van der Waals surface area contributed by atoms with E-state index >= 15 is 0 Å². The highest BCUT2D eigenvalue weighted by molar-refractivity contribution is 7.68. The van der Waals surface area contributed by atoms with Crippen molar-refractivity contribution in [3.05, 3.63) is 90.5 Å². The van der Waals surface area contributed by atoms with Crippen LogP contribution in [-0.2, 0) is 0 Å². The molecule has 4 aromatic carbocycles. The summed E-state index contributed by atoms with van der Waals surface area (Å²) >= 11 is 0. The van der Waals surface area contributed by atoms with Crippen molar-refractivity contribution >= 4 is 40.9 Å². The minimum absolute atomic E-state index is 0.931. The van der Waals surface area contributed by atoms with Gasteiger partial charge in [-0.2, -0.15) is 0 Å². The second kappa shape index (κ2) is 8.99. The highest BCUT2D eigenvalue weighted by atomic mass is 31.1. The van der Waals surface area contributed by atoms with E-state index in [1.165, 1.54) is 32.9 Å². The first-order valence-corrected chi connectivity index (χ1v) is 11.7. The van der Waals surface area contributed by atoms with Gasteiger partial charge in [-0.15, -0.1) is 0 Å². The monoisotopic (exact) mass is 428 g/mol. The van der Waals surface area contributed by atoms with Gasteiger partial charge in [0.1, 0.15) is 5.75 Å². The Labute approximate surface area is 186 Å². The summed E-state index contributed by atoms with van der Waals surface area (Å²) in [7, 11) is 7.24. The summed E-state index contributed by atoms with van der Waals surface area (Å²) in [4.78, 5) is 4.23. The maximum atomic E-state index is 6.79. The summed E-state index contributed by atoms with van der Waals surface area (Å²) in [6.07, 6.45) is 0.